The number of amides is 2. The van der Waals surface area contributed by atoms with Crippen LogP contribution in [0.3, 0.4) is 0 Å². The number of ether oxygens (including phenoxy) is 1. The lowest BCUT2D eigenvalue weighted by atomic mass is 9.89. The summed E-state index contributed by atoms with van der Waals surface area (Å²) in [6.07, 6.45) is 8.28. The van der Waals surface area contributed by atoms with E-state index in [2.05, 4.69) is 15.0 Å². The quantitative estimate of drug-likeness (QED) is 0.615. The molecule has 2 amide bonds. The Hall–Kier alpha value is -3.65. The van der Waals surface area contributed by atoms with Crippen LogP contribution in [0.25, 0.3) is 11.1 Å². The van der Waals surface area contributed by atoms with Gasteiger partial charge in [-0.15, -0.1) is 0 Å². The predicted octanol–water partition coefficient (Wildman–Crippen LogP) is 2.08. The molecule has 1 aromatic carbocycles. The van der Waals surface area contributed by atoms with Crippen molar-refractivity contribution in [1.29, 1.82) is 0 Å². The minimum Gasteiger partial charge on any atom is -0.361 e. The fourth-order valence-corrected chi connectivity index (χ4v) is 3.98. The van der Waals surface area contributed by atoms with Crippen LogP contribution in [0.1, 0.15) is 16.1 Å². The normalized spacial score (nSPS) is 18.2. The Labute approximate surface area is 186 Å². The number of pyridine rings is 1. The zero-order chi connectivity index (χ0) is 22.6. The lowest BCUT2D eigenvalue weighted by Gasteiger charge is -2.42. The molecule has 0 spiro atoms. The Kier molecular flexibility index (Phi) is 6.23. The monoisotopic (exact) mass is 431 g/mol. The zero-order valence-electron chi connectivity index (χ0n) is 18.1. The van der Waals surface area contributed by atoms with Crippen LogP contribution in [-0.4, -0.2) is 76.0 Å². The summed E-state index contributed by atoms with van der Waals surface area (Å²) in [6, 6.07) is 11.9. The highest BCUT2D eigenvalue weighted by Gasteiger charge is 2.46. The van der Waals surface area contributed by atoms with E-state index in [9.17, 15) is 9.59 Å². The second kappa shape index (κ2) is 9.23. The predicted molar refractivity (Wildman–Crippen MR) is 119 cm³/mol. The molecule has 0 N–H and O–H groups in total. The van der Waals surface area contributed by atoms with Gasteiger partial charge in [-0.25, -0.2) is 4.98 Å². The van der Waals surface area contributed by atoms with E-state index in [4.69, 9.17) is 4.74 Å². The van der Waals surface area contributed by atoms with Gasteiger partial charge in [0.2, 0.25) is 0 Å². The summed E-state index contributed by atoms with van der Waals surface area (Å²) in [5, 5.41) is 0. The number of hydrogen-bond acceptors (Lipinski definition) is 6. The van der Waals surface area contributed by atoms with Crippen LogP contribution < -0.4 is 0 Å². The smallest absolute Gasteiger partial charge is 0.274 e. The third-order valence-electron chi connectivity index (χ3n) is 5.48. The van der Waals surface area contributed by atoms with Crippen LogP contribution in [0.5, 0.6) is 0 Å². The molecule has 3 aromatic rings. The average molecular weight is 431 g/mol. The standard InChI is InChI=1S/C24H25N5O3/c1-28(2)23(31)24(15-18-4-3-5-20(14-18)19-6-8-25-9-7-19)17-29(12-13-32-24)22(30)21-16-26-10-11-27-21/h3-11,14,16H,12-13,15,17H2,1-2H3. The first kappa shape index (κ1) is 21.6. The molecule has 8 nitrogen and oxygen atoms in total. The number of likely N-dealkylation sites (N-methyl/N-ethyl adjacent to an activating group) is 1. The molecular formula is C24H25N5O3. The van der Waals surface area contributed by atoms with Gasteiger partial charge < -0.3 is 14.5 Å². The highest BCUT2D eigenvalue weighted by molar-refractivity contribution is 5.93. The summed E-state index contributed by atoms with van der Waals surface area (Å²) in [5.41, 5.74) is 2.08. The van der Waals surface area contributed by atoms with Gasteiger partial charge in [0.1, 0.15) is 5.69 Å². The Balaban J connectivity index is 1.64. The van der Waals surface area contributed by atoms with Gasteiger partial charge in [-0.2, -0.15) is 0 Å². The van der Waals surface area contributed by atoms with Gasteiger partial charge in [0.15, 0.2) is 5.60 Å². The first-order chi connectivity index (χ1) is 15.5. The summed E-state index contributed by atoms with van der Waals surface area (Å²) >= 11 is 0. The Bertz CT molecular complexity index is 1090. The topological polar surface area (TPSA) is 88.5 Å². The van der Waals surface area contributed by atoms with Crippen molar-refractivity contribution < 1.29 is 14.3 Å². The van der Waals surface area contributed by atoms with Crippen LogP contribution in [-0.2, 0) is 16.0 Å². The molecule has 2 aromatic heterocycles. The van der Waals surface area contributed by atoms with E-state index >= 15 is 0 Å². The molecule has 1 aliphatic heterocycles. The van der Waals surface area contributed by atoms with E-state index in [1.165, 1.54) is 23.5 Å². The van der Waals surface area contributed by atoms with E-state index in [0.29, 0.717) is 13.0 Å². The number of hydrogen-bond donors (Lipinski definition) is 0. The van der Waals surface area contributed by atoms with E-state index in [1.54, 1.807) is 31.4 Å². The van der Waals surface area contributed by atoms with Crippen molar-refractivity contribution in [3.63, 3.8) is 0 Å². The summed E-state index contributed by atoms with van der Waals surface area (Å²) in [7, 11) is 3.40. The second-order valence-electron chi connectivity index (χ2n) is 7.97. The number of carbonyl (C=O) groups excluding carboxylic acids is 2. The maximum atomic E-state index is 13.3. The van der Waals surface area contributed by atoms with Crippen molar-refractivity contribution in [3.05, 3.63) is 78.6 Å². The molecule has 1 atom stereocenters. The van der Waals surface area contributed by atoms with Crippen LogP contribution in [0.15, 0.2) is 67.4 Å². The molecule has 1 aliphatic rings. The van der Waals surface area contributed by atoms with Crippen LogP contribution >= 0.6 is 0 Å². The molecule has 0 saturated carbocycles. The Morgan fingerprint density at radius 2 is 1.88 bits per heavy atom. The van der Waals surface area contributed by atoms with Gasteiger partial charge in [0.25, 0.3) is 11.8 Å². The van der Waals surface area contributed by atoms with Crippen molar-refractivity contribution in [2.24, 2.45) is 0 Å². The zero-order valence-corrected chi connectivity index (χ0v) is 18.1. The van der Waals surface area contributed by atoms with Crippen LogP contribution in [0, 0.1) is 0 Å². The second-order valence-corrected chi connectivity index (χ2v) is 7.97. The summed E-state index contributed by atoms with van der Waals surface area (Å²) in [4.78, 5) is 41.6. The number of carbonyl (C=O) groups is 2. The molecule has 1 fully saturated rings. The van der Waals surface area contributed by atoms with Gasteiger partial charge >= 0.3 is 0 Å². The third-order valence-corrected chi connectivity index (χ3v) is 5.48. The highest BCUT2D eigenvalue weighted by Crippen LogP contribution is 2.28. The molecule has 0 bridgehead atoms. The fraction of sp³-hybridized carbons (Fsp3) is 0.292. The lowest BCUT2D eigenvalue weighted by molar-refractivity contribution is -0.165. The average Bonchev–Trinajstić information content (AvgIpc) is 2.84. The highest BCUT2D eigenvalue weighted by atomic mass is 16.5. The van der Waals surface area contributed by atoms with Crippen LogP contribution in [0.2, 0.25) is 0 Å². The number of morpholine rings is 1. The van der Waals surface area contributed by atoms with E-state index in [1.807, 2.05) is 36.4 Å². The Morgan fingerprint density at radius 3 is 2.59 bits per heavy atom. The number of nitrogens with zero attached hydrogens (tertiary/aromatic N) is 5. The molecule has 4 rings (SSSR count). The Morgan fingerprint density at radius 1 is 1.06 bits per heavy atom. The first-order valence-corrected chi connectivity index (χ1v) is 10.4. The number of rotatable bonds is 5. The van der Waals surface area contributed by atoms with Gasteiger partial charge in [-0.05, 0) is 28.8 Å². The fourth-order valence-electron chi connectivity index (χ4n) is 3.98. The molecule has 0 aliphatic carbocycles. The molecule has 1 saturated heterocycles. The van der Waals surface area contributed by atoms with Gasteiger partial charge in [0.05, 0.1) is 19.3 Å². The van der Waals surface area contributed by atoms with Crippen molar-refractivity contribution >= 4 is 11.8 Å². The lowest BCUT2D eigenvalue weighted by Crippen LogP contribution is -2.61. The van der Waals surface area contributed by atoms with E-state index < -0.39 is 5.60 Å². The molecule has 164 valence electrons. The summed E-state index contributed by atoms with van der Waals surface area (Å²) in [6.45, 7) is 0.781. The van der Waals surface area contributed by atoms with Crippen molar-refractivity contribution in [3.8, 4) is 11.1 Å². The summed E-state index contributed by atoms with van der Waals surface area (Å²) in [5.74, 6) is -0.439. The van der Waals surface area contributed by atoms with Gasteiger partial charge in [0, 0.05) is 51.8 Å². The minimum absolute atomic E-state index is 0.138. The first-order valence-electron chi connectivity index (χ1n) is 10.4. The van der Waals surface area contributed by atoms with Gasteiger partial charge in [-0.3, -0.25) is 19.6 Å². The van der Waals surface area contributed by atoms with Crippen molar-refractivity contribution in [2.45, 2.75) is 12.0 Å². The van der Waals surface area contributed by atoms with E-state index in [0.717, 1.165) is 16.7 Å². The summed E-state index contributed by atoms with van der Waals surface area (Å²) < 4.78 is 6.12. The third kappa shape index (κ3) is 4.50. The SMILES string of the molecule is CN(C)C(=O)C1(Cc2cccc(-c3ccncc3)c2)CN(C(=O)c2cnccn2)CCO1. The molecule has 3 heterocycles. The van der Waals surface area contributed by atoms with Gasteiger partial charge in [-0.1, -0.05) is 24.3 Å². The molecule has 8 heteroatoms. The maximum absolute atomic E-state index is 13.3. The molecular weight excluding hydrogens is 406 g/mol. The number of aromatic nitrogens is 3. The largest absolute Gasteiger partial charge is 0.361 e. The van der Waals surface area contributed by atoms with Crippen LogP contribution in [0.4, 0.5) is 0 Å². The molecule has 32 heavy (non-hydrogen) atoms. The minimum atomic E-state index is -1.18. The number of benzene rings is 1. The maximum Gasteiger partial charge on any atom is 0.274 e. The van der Waals surface area contributed by atoms with E-state index in [-0.39, 0.29) is 30.7 Å². The molecule has 0 radical (unpaired) electrons. The van der Waals surface area contributed by atoms with Crippen molar-refractivity contribution in [1.82, 2.24) is 24.8 Å². The molecule has 1 unspecified atom stereocenters. The van der Waals surface area contributed by atoms with Crippen molar-refractivity contribution in [2.75, 3.05) is 33.8 Å².